The number of carbonyl (C=O) groups is 1. The van der Waals surface area contributed by atoms with Crippen molar-refractivity contribution in [3.8, 4) is 0 Å². The zero-order chi connectivity index (χ0) is 18.5. The van der Waals surface area contributed by atoms with Crippen LogP contribution in [0.1, 0.15) is 79.6 Å². The average Bonchev–Trinajstić information content (AvgIpc) is 3.00. The highest BCUT2D eigenvalue weighted by molar-refractivity contribution is 5.87. The molecule has 26 heavy (non-hydrogen) atoms. The summed E-state index contributed by atoms with van der Waals surface area (Å²) in [6, 6.07) is 0. The second-order valence-corrected chi connectivity index (χ2v) is 11.2. The van der Waals surface area contributed by atoms with E-state index in [9.17, 15) is 4.79 Å². The normalized spacial score (nSPS) is 57.9. The lowest BCUT2D eigenvalue weighted by Crippen LogP contribution is -2.63. The highest BCUT2D eigenvalue weighted by Gasteiger charge is 2.69. The molecule has 0 N–H and O–H groups in total. The van der Waals surface area contributed by atoms with Gasteiger partial charge in [0.2, 0.25) is 0 Å². The third kappa shape index (κ3) is 2.11. The van der Waals surface area contributed by atoms with Gasteiger partial charge in [-0.3, -0.25) is 4.79 Å². The maximum atomic E-state index is 12.9. The maximum Gasteiger partial charge on any atom is 0.163 e. The summed E-state index contributed by atoms with van der Waals surface area (Å²) in [5.41, 5.74) is 0.236. The van der Waals surface area contributed by atoms with Crippen LogP contribution in [0.15, 0.2) is 0 Å². The van der Waals surface area contributed by atoms with Gasteiger partial charge in [-0.15, -0.1) is 0 Å². The smallest absolute Gasteiger partial charge is 0.163 e. The molecule has 0 aromatic heterocycles. The third-order valence-electron chi connectivity index (χ3n) is 9.46. The zero-order valence-electron chi connectivity index (χ0n) is 17.2. The monoisotopic (exact) mass is 360 g/mol. The van der Waals surface area contributed by atoms with E-state index in [1.54, 1.807) is 0 Å². The standard InChI is InChI=1S/C23H36O3/c1-13-12-16(24)23(5)11-9-14-17(18(13)23)20-19(25-21(2,3)26-20)15-8-6-7-10-22(14,15)4/h13-15,17-20H,6-12H2,1-5H3/t13?,14?,15?,17?,18?,19-,20-,22-,23-/m1/s1. The minimum absolute atomic E-state index is 0.126. The summed E-state index contributed by atoms with van der Waals surface area (Å²) in [6.45, 7) is 11.3. The summed E-state index contributed by atoms with van der Waals surface area (Å²) in [4.78, 5) is 12.9. The Balaban J connectivity index is 1.62. The molecule has 5 fully saturated rings. The second-order valence-electron chi connectivity index (χ2n) is 11.2. The Labute approximate surface area is 158 Å². The van der Waals surface area contributed by atoms with Crippen molar-refractivity contribution < 1.29 is 14.3 Å². The SMILES string of the molecule is CC1CC(=O)[C@@]2(C)CCC3C(C12)[C@H]1OC(C)(C)O[C@@H]1C1CCCC[C@]31C. The molecule has 5 unspecified atom stereocenters. The fourth-order valence-corrected chi connectivity index (χ4v) is 8.49. The Hall–Kier alpha value is -0.410. The number of fused-ring (bicyclic) bond motifs is 8. The lowest BCUT2D eigenvalue weighted by Gasteiger charge is -2.62. The minimum atomic E-state index is -0.484. The Kier molecular flexibility index (Phi) is 3.63. The summed E-state index contributed by atoms with van der Waals surface area (Å²) < 4.78 is 13.2. The van der Waals surface area contributed by atoms with Gasteiger partial charge in [0.25, 0.3) is 0 Å². The Morgan fingerprint density at radius 2 is 1.65 bits per heavy atom. The first-order valence-electron chi connectivity index (χ1n) is 11.1. The second kappa shape index (κ2) is 5.35. The van der Waals surface area contributed by atoms with E-state index in [2.05, 4.69) is 34.6 Å². The summed E-state index contributed by atoms with van der Waals surface area (Å²) in [5.74, 6) is 2.79. The fourth-order valence-electron chi connectivity index (χ4n) is 8.49. The Morgan fingerprint density at radius 3 is 2.42 bits per heavy atom. The minimum Gasteiger partial charge on any atom is -0.344 e. The van der Waals surface area contributed by atoms with Gasteiger partial charge in [0.15, 0.2) is 5.79 Å². The van der Waals surface area contributed by atoms with Crippen LogP contribution in [0.2, 0.25) is 0 Å². The molecule has 4 saturated carbocycles. The molecule has 5 rings (SSSR count). The van der Waals surface area contributed by atoms with Gasteiger partial charge >= 0.3 is 0 Å². The number of hydrogen-bond acceptors (Lipinski definition) is 3. The van der Waals surface area contributed by atoms with Gasteiger partial charge in [-0.2, -0.15) is 0 Å². The highest BCUT2D eigenvalue weighted by atomic mass is 16.8. The third-order valence-corrected chi connectivity index (χ3v) is 9.46. The topological polar surface area (TPSA) is 35.5 Å². The largest absolute Gasteiger partial charge is 0.344 e. The van der Waals surface area contributed by atoms with E-state index in [0.717, 1.165) is 12.8 Å². The molecule has 3 nitrogen and oxygen atoms in total. The molecule has 1 aliphatic heterocycles. The Bertz CT molecular complexity index is 627. The van der Waals surface area contributed by atoms with Crippen LogP contribution in [-0.4, -0.2) is 23.8 Å². The van der Waals surface area contributed by atoms with Crippen molar-refractivity contribution in [2.45, 2.75) is 97.6 Å². The van der Waals surface area contributed by atoms with E-state index in [4.69, 9.17) is 9.47 Å². The van der Waals surface area contributed by atoms with E-state index in [0.29, 0.717) is 40.8 Å². The van der Waals surface area contributed by atoms with Crippen LogP contribution in [0.3, 0.4) is 0 Å². The summed E-state index contributed by atoms with van der Waals surface area (Å²) >= 11 is 0. The van der Waals surface area contributed by atoms with E-state index in [1.807, 2.05) is 0 Å². The van der Waals surface area contributed by atoms with Crippen molar-refractivity contribution >= 4 is 5.78 Å². The molecule has 4 aliphatic carbocycles. The van der Waals surface area contributed by atoms with Crippen molar-refractivity contribution in [3.63, 3.8) is 0 Å². The molecule has 0 aromatic rings. The van der Waals surface area contributed by atoms with Gasteiger partial charge in [-0.25, -0.2) is 0 Å². The van der Waals surface area contributed by atoms with E-state index in [1.165, 1.54) is 32.1 Å². The van der Waals surface area contributed by atoms with E-state index < -0.39 is 5.79 Å². The van der Waals surface area contributed by atoms with Crippen molar-refractivity contribution in [1.29, 1.82) is 0 Å². The van der Waals surface area contributed by atoms with Crippen molar-refractivity contribution in [3.05, 3.63) is 0 Å². The van der Waals surface area contributed by atoms with Crippen LogP contribution in [0.25, 0.3) is 0 Å². The van der Waals surface area contributed by atoms with Gasteiger partial charge in [-0.05, 0) is 74.5 Å². The van der Waals surface area contributed by atoms with Crippen LogP contribution >= 0.6 is 0 Å². The molecule has 146 valence electrons. The number of rotatable bonds is 0. The summed E-state index contributed by atoms with van der Waals surface area (Å²) in [7, 11) is 0. The van der Waals surface area contributed by atoms with Crippen molar-refractivity contribution in [2.75, 3.05) is 0 Å². The van der Waals surface area contributed by atoms with Gasteiger partial charge in [-0.1, -0.05) is 33.6 Å². The molecular weight excluding hydrogens is 324 g/mol. The zero-order valence-corrected chi connectivity index (χ0v) is 17.2. The molecule has 1 heterocycles. The quantitative estimate of drug-likeness (QED) is 0.611. The highest BCUT2D eigenvalue weighted by Crippen LogP contribution is 2.68. The van der Waals surface area contributed by atoms with E-state index >= 15 is 0 Å². The van der Waals surface area contributed by atoms with Crippen molar-refractivity contribution in [2.24, 2.45) is 40.4 Å². The molecule has 1 saturated heterocycles. The van der Waals surface area contributed by atoms with Crippen LogP contribution in [0.5, 0.6) is 0 Å². The van der Waals surface area contributed by atoms with E-state index in [-0.39, 0.29) is 17.6 Å². The molecule has 0 bridgehead atoms. The number of Topliss-reactive ketones (excluding diaryl/α,β-unsaturated/α-hetero) is 1. The first-order valence-corrected chi connectivity index (χ1v) is 11.1. The van der Waals surface area contributed by atoms with Crippen LogP contribution in [0, 0.1) is 40.4 Å². The van der Waals surface area contributed by atoms with Gasteiger partial charge in [0.1, 0.15) is 5.78 Å². The molecular formula is C23H36O3. The number of hydrogen-bond donors (Lipinski definition) is 0. The molecule has 0 spiro atoms. The van der Waals surface area contributed by atoms with Crippen LogP contribution < -0.4 is 0 Å². The van der Waals surface area contributed by atoms with Gasteiger partial charge < -0.3 is 9.47 Å². The number of ether oxygens (including phenoxy) is 2. The predicted octanol–water partition coefficient (Wildman–Crippen LogP) is 4.97. The van der Waals surface area contributed by atoms with Gasteiger partial charge in [0, 0.05) is 11.8 Å². The van der Waals surface area contributed by atoms with Crippen LogP contribution in [-0.2, 0) is 14.3 Å². The number of ketones is 1. The molecule has 0 amide bonds. The lowest BCUT2D eigenvalue weighted by atomic mass is 9.43. The van der Waals surface area contributed by atoms with Gasteiger partial charge in [0.05, 0.1) is 12.2 Å². The fraction of sp³-hybridized carbons (Fsp3) is 0.957. The predicted molar refractivity (Wildman–Crippen MR) is 100 cm³/mol. The number of carbonyl (C=O) groups excluding carboxylic acids is 1. The molecule has 3 heteroatoms. The lowest BCUT2D eigenvalue weighted by molar-refractivity contribution is -0.182. The maximum absolute atomic E-state index is 12.9. The first-order chi connectivity index (χ1) is 12.2. The molecule has 9 atom stereocenters. The first kappa shape index (κ1) is 17.7. The van der Waals surface area contributed by atoms with Crippen LogP contribution in [0.4, 0.5) is 0 Å². The average molecular weight is 361 g/mol. The molecule has 5 aliphatic rings. The summed E-state index contributed by atoms with van der Waals surface area (Å²) in [6.07, 6.45) is 8.78. The van der Waals surface area contributed by atoms with Crippen molar-refractivity contribution in [1.82, 2.24) is 0 Å². The molecule has 0 radical (unpaired) electrons. The summed E-state index contributed by atoms with van der Waals surface area (Å²) in [5, 5.41) is 0. The molecule has 0 aromatic carbocycles. The Morgan fingerprint density at radius 1 is 0.923 bits per heavy atom.